The predicted octanol–water partition coefficient (Wildman–Crippen LogP) is 2.54. The lowest BCUT2D eigenvalue weighted by molar-refractivity contribution is -0.117. The Morgan fingerprint density at radius 1 is 1.25 bits per heavy atom. The van der Waals surface area contributed by atoms with Crippen LogP contribution in [0, 0.1) is 0 Å². The van der Waals surface area contributed by atoms with Crippen molar-refractivity contribution < 1.29 is 23.9 Å². The van der Waals surface area contributed by atoms with E-state index >= 15 is 0 Å². The third kappa shape index (κ3) is 5.45. The summed E-state index contributed by atoms with van der Waals surface area (Å²) in [6, 6.07) is 7.68. The second kappa shape index (κ2) is 7.58. The number of carbonyl (C=O) groups is 1. The Labute approximate surface area is 119 Å². The molecule has 0 fully saturated rings. The van der Waals surface area contributed by atoms with E-state index in [1.54, 1.807) is 7.11 Å². The molecule has 1 aromatic rings. The van der Waals surface area contributed by atoms with E-state index in [4.69, 9.17) is 14.5 Å². The van der Waals surface area contributed by atoms with Crippen molar-refractivity contribution in [1.82, 2.24) is 0 Å². The number of methoxy groups -OCH3 is 1. The average molecular weight is 300 g/mol. The third-order valence-electron chi connectivity index (χ3n) is 3.23. The van der Waals surface area contributed by atoms with Gasteiger partial charge < -0.3 is 14.5 Å². The van der Waals surface area contributed by atoms with Gasteiger partial charge >= 0.3 is 7.60 Å². The van der Waals surface area contributed by atoms with Gasteiger partial charge in [0, 0.05) is 0 Å². The summed E-state index contributed by atoms with van der Waals surface area (Å²) in [7, 11) is -2.71. The van der Waals surface area contributed by atoms with E-state index in [-0.39, 0.29) is 6.42 Å². The Morgan fingerprint density at radius 3 is 2.30 bits per heavy atom. The third-order valence-corrected chi connectivity index (χ3v) is 4.66. The van der Waals surface area contributed by atoms with Crippen molar-refractivity contribution in [2.45, 2.75) is 38.3 Å². The SMILES string of the molecule is COc1ccc(CCCCC(C(C)=O)P(=O)(O)O)cc1. The van der Waals surface area contributed by atoms with Crippen molar-refractivity contribution in [2.75, 3.05) is 7.11 Å². The van der Waals surface area contributed by atoms with Gasteiger partial charge in [-0.3, -0.25) is 9.36 Å². The molecule has 0 aliphatic heterocycles. The molecule has 0 heterocycles. The average Bonchev–Trinajstić information content (AvgIpc) is 2.37. The number of ether oxygens (including phenoxy) is 1. The molecule has 5 nitrogen and oxygen atoms in total. The van der Waals surface area contributed by atoms with Crippen molar-refractivity contribution in [1.29, 1.82) is 0 Å². The van der Waals surface area contributed by atoms with Gasteiger partial charge in [-0.2, -0.15) is 0 Å². The fraction of sp³-hybridized carbons (Fsp3) is 0.500. The number of Topliss-reactive ketones (excluding diaryl/α,β-unsaturated/α-hetero) is 1. The molecule has 112 valence electrons. The zero-order chi connectivity index (χ0) is 15.2. The zero-order valence-electron chi connectivity index (χ0n) is 11.8. The van der Waals surface area contributed by atoms with Crippen molar-refractivity contribution in [2.24, 2.45) is 0 Å². The van der Waals surface area contributed by atoms with Crippen LogP contribution in [-0.2, 0) is 15.8 Å². The monoisotopic (exact) mass is 300 g/mol. The maximum Gasteiger partial charge on any atom is 0.335 e. The van der Waals surface area contributed by atoms with Gasteiger partial charge in [0.25, 0.3) is 0 Å². The predicted molar refractivity (Wildman–Crippen MR) is 77.1 cm³/mol. The lowest BCUT2D eigenvalue weighted by Crippen LogP contribution is -2.18. The maximum absolute atomic E-state index is 11.2. The van der Waals surface area contributed by atoms with Crippen molar-refractivity contribution in [3.63, 3.8) is 0 Å². The highest BCUT2D eigenvalue weighted by Gasteiger charge is 2.31. The molecule has 1 atom stereocenters. The first-order chi connectivity index (χ1) is 9.34. The minimum Gasteiger partial charge on any atom is -0.497 e. The van der Waals surface area contributed by atoms with Gasteiger partial charge in [-0.05, 0) is 43.9 Å². The van der Waals surface area contributed by atoms with Gasteiger partial charge in [-0.25, -0.2) is 0 Å². The number of ketones is 1. The minimum absolute atomic E-state index is 0.232. The fourth-order valence-corrected chi connectivity index (χ4v) is 3.06. The molecular formula is C14H21O5P. The first-order valence-corrected chi connectivity index (χ1v) is 8.21. The molecule has 0 aliphatic rings. The molecule has 1 aromatic carbocycles. The summed E-state index contributed by atoms with van der Waals surface area (Å²) in [5.41, 5.74) is -0.0141. The fourth-order valence-electron chi connectivity index (χ4n) is 2.07. The second-order valence-corrected chi connectivity index (χ2v) is 6.61. The summed E-state index contributed by atoms with van der Waals surface area (Å²) < 4.78 is 16.2. The highest BCUT2D eigenvalue weighted by Crippen LogP contribution is 2.44. The summed E-state index contributed by atoms with van der Waals surface area (Å²) in [4.78, 5) is 29.4. The number of carbonyl (C=O) groups excluding carboxylic acids is 1. The Hall–Kier alpha value is -1.16. The molecule has 0 bridgehead atoms. The largest absolute Gasteiger partial charge is 0.497 e. The zero-order valence-corrected chi connectivity index (χ0v) is 12.7. The number of aryl methyl sites for hydroxylation is 1. The molecule has 20 heavy (non-hydrogen) atoms. The van der Waals surface area contributed by atoms with Crippen LogP contribution in [0.5, 0.6) is 5.75 Å². The number of hydrogen-bond acceptors (Lipinski definition) is 3. The summed E-state index contributed by atoms with van der Waals surface area (Å²) in [5.74, 6) is 0.356. The molecule has 0 aromatic heterocycles. The van der Waals surface area contributed by atoms with Gasteiger partial charge in [-0.1, -0.05) is 18.6 Å². The van der Waals surface area contributed by atoms with Crippen LogP contribution in [0.25, 0.3) is 0 Å². The van der Waals surface area contributed by atoms with Crippen LogP contribution >= 0.6 is 7.60 Å². The summed E-state index contributed by atoms with van der Waals surface area (Å²) in [6.45, 7) is 1.23. The van der Waals surface area contributed by atoms with E-state index in [1.165, 1.54) is 6.92 Å². The Bertz CT molecular complexity index is 477. The van der Waals surface area contributed by atoms with Crippen molar-refractivity contribution in [3.8, 4) is 5.75 Å². The lowest BCUT2D eigenvalue weighted by atomic mass is 10.1. The van der Waals surface area contributed by atoms with Crippen LogP contribution in [0.3, 0.4) is 0 Å². The quantitative estimate of drug-likeness (QED) is 0.569. The highest BCUT2D eigenvalue weighted by molar-refractivity contribution is 7.53. The van der Waals surface area contributed by atoms with E-state index in [9.17, 15) is 9.36 Å². The maximum atomic E-state index is 11.2. The van der Waals surface area contributed by atoms with E-state index in [2.05, 4.69) is 0 Å². The van der Waals surface area contributed by atoms with E-state index in [1.807, 2.05) is 24.3 Å². The Morgan fingerprint density at radius 2 is 1.85 bits per heavy atom. The second-order valence-electron chi connectivity index (χ2n) is 4.81. The molecule has 1 unspecified atom stereocenters. The molecule has 1 rings (SSSR count). The van der Waals surface area contributed by atoms with Gasteiger partial charge in [0.2, 0.25) is 0 Å². The summed E-state index contributed by atoms with van der Waals surface area (Å²) >= 11 is 0. The smallest absolute Gasteiger partial charge is 0.335 e. The Balaban J connectivity index is 2.40. The normalized spacial score (nSPS) is 13.0. The standard InChI is InChI=1S/C14H21O5P/c1-11(15)14(20(16,17)18)6-4-3-5-12-7-9-13(19-2)10-8-12/h7-10,14H,3-6H2,1-2H3,(H2,16,17,18). The highest BCUT2D eigenvalue weighted by atomic mass is 31.2. The van der Waals surface area contributed by atoms with Crippen LogP contribution < -0.4 is 4.74 Å². The van der Waals surface area contributed by atoms with Crippen molar-refractivity contribution in [3.05, 3.63) is 29.8 Å². The minimum atomic E-state index is -4.32. The Kier molecular flexibility index (Phi) is 6.40. The van der Waals surface area contributed by atoms with Gasteiger partial charge in [0.1, 0.15) is 17.2 Å². The molecule has 0 amide bonds. The van der Waals surface area contributed by atoms with E-state index < -0.39 is 19.0 Å². The number of benzene rings is 1. The number of hydrogen-bond donors (Lipinski definition) is 2. The first-order valence-electron chi connectivity index (χ1n) is 6.53. The molecule has 6 heteroatoms. The molecule has 0 radical (unpaired) electrons. The van der Waals surface area contributed by atoms with E-state index in [0.29, 0.717) is 6.42 Å². The van der Waals surface area contributed by atoms with Crippen LogP contribution in [-0.4, -0.2) is 28.3 Å². The van der Waals surface area contributed by atoms with E-state index in [0.717, 1.165) is 24.2 Å². The topological polar surface area (TPSA) is 83.8 Å². The van der Waals surface area contributed by atoms with Gasteiger partial charge in [0.15, 0.2) is 0 Å². The van der Waals surface area contributed by atoms with Crippen LogP contribution in [0.1, 0.15) is 31.7 Å². The van der Waals surface area contributed by atoms with Gasteiger partial charge in [0.05, 0.1) is 7.11 Å². The summed E-state index contributed by atoms with van der Waals surface area (Å²) in [6.07, 6.45) is 2.45. The van der Waals surface area contributed by atoms with Gasteiger partial charge in [-0.15, -0.1) is 0 Å². The first kappa shape index (κ1) is 16.9. The molecule has 2 N–H and O–H groups in total. The van der Waals surface area contributed by atoms with Crippen LogP contribution in [0.2, 0.25) is 0 Å². The van der Waals surface area contributed by atoms with Crippen molar-refractivity contribution >= 4 is 13.4 Å². The molecule has 0 saturated carbocycles. The van der Waals surface area contributed by atoms with Crippen LogP contribution in [0.15, 0.2) is 24.3 Å². The number of unbranched alkanes of at least 4 members (excludes halogenated alkanes) is 1. The lowest BCUT2D eigenvalue weighted by Gasteiger charge is -2.15. The molecule has 0 saturated heterocycles. The summed E-state index contributed by atoms with van der Waals surface area (Å²) in [5, 5.41) is 0. The molecular weight excluding hydrogens is 279 g/mol. The molecule has 0 spiro atoms. The van der Waals surface area contributed by atoms with Crippen LogP contribution in [0.4, 0.5) is 0 Å². The number of rotatable bonds is 8. The molecule has 0 aliphatic carbocycles.